The van der Waals surface area contributed by atoms with Crippen molar-refractivity contribution in [2.45, 2.75) is 26.2 Å². The third kappa shape index (κ3) is 6.13. The van der Waals surface area contributed by atoms with E-state index in [9.17, 15) is 10.1 Å². The lowest BCUT2D eigenvalue weighted by molar-refractivity contribution is -0.384. The smallest absolute Gasteiger partial charge is 0.269 e. The van der Waals surface area contributed by atoms with Gasteiger partial charge in [0.25, 0.3) is 5.69 Å². The topological polar surface area (TPSA) is 99.8 Å². The van der Waals surface area contributed by atoms with Gasteiger partial charge in [0.05, 0.1) is 4.92 Å². The highest BCUT2D eigenvalue weighted by atomic mass is 16.6. The van der Waals surface area contributed by atoms with Crippen LogP contribution < -0.4 is 10.2 Å². The summed E-state index contributed by atoms with van der Waals surface area (Å²) in [6.07, 6.45) is 6.43. The Labute approximate surface area is 177 Å². The van der Waals surface area contributed by atoms with E-state index in [-0.39, 0.29) is 10.6 Å². The lowest BCUT2D eigenvalue weighted by atomic mass is 10.1. The first-order valence-corrected chi connectivity index (χ1v) is 10.5. The van der Waals surface area contributed by atoms with Gasteiger partial charge in [0, 0.05) is 63.8 Å². The lowest BCUT2D eigenvalue weighted by Gasteiger charge is -2.36. The van der Waals surface area contributed by atoms with Crippen LogP contribution in [-0.4, -0.2) is 65.0 Å². The van der Waals surface area contributed by atoms with Gasteiger partial charge in [-0.1, -0.05) is 12.1 Å². The number of unbranched alkanes of at least 4 members (excludes halogenated alkanes) is 1. The van der Waals surface area contributed by atoms with Gasteiger partial charge < -0.3 is 15.1 Å². The molecule has 1 saturated heterocycles. The third-order valence-electron chi connectivity index (χ3n) is 5.03. The molecule has 30 heavy (non-hydrogen) atoms. The first kappa shape index (κ1) is 21.5. The van der Waals surface area contributed by atoms with Crippen molar-refractivity contribution < 1.29 is 4.92 Å². The van der Waals surface area contributed by atoms with E-state index < -0.39 is 0 Å². The van der Waals surface area contributed by atoms with E-state index >= 15 is 0 Å². The molecule has 1 aromatic carbocycles. The van der Waals surface area contributed by atoms with Crippen molar-refractivity contribution in [2.75, 3.05) is 44.2 Å². The van der Waals surface area contributed by atoms with Gasteiger partial charge in [0.2, 0.25) is 5.95 Å². The van der Waals surface area contributed by atoms with E-state index in [1.807, 2.05) is 18.2 Å². The van der Waals surface area contributed by atoms with Crippen LogP contribution in [0.5, 0.6) is 0 Å². The predicted molar refractivity (Wildman–Crippen MR) is 118 cm³/mol. The standard InChI is InChI=1S/C21H29N7O2/c1-2-22-20(26-14-16-27(17-15-26)21-24-12-5-13-25-21)23-11-4-3-6-18-7-9-19(10-8-18)28(29)30/h5,7-10,12-13H,2-4,6,11,14-17H2,1H3,(H,22,23). The van der Waals surface area contributed by atoms with Gasteiger partial charge in [-0.25, -0.2) is 9.97 Å². The second-order valence-corrected chi connectivity index (χ2v) is 7.14. The fourth-order valence-corrected chi connectivity index (χ4v) is 3.41. The Morgan fingerprint density at radius 3 is 2.47 bits per heavy atom. The summed E-state index contributed by atoms with van der Waals surface area (Å²) in [5.41, 5.74) is 1.26. The zero-order valence-electron chi connectivity index (χ0n) is 17.4. The van der Waals surface area contributed by atoms with Gasteiger partial charge in [-0.05, 0) is 37.8 Å². The van der Waals surface area contributed by atoms with Crippen LogP contribution in [0.4, 0.5) is 11.6 Å². The van der Waals surface area contributed by atoms with E-state index in [1.54, 1.807) is 24.5 Å². The largest absolute Gasteiger partial charge is 0.357 e. The zero-order chi connectivity index (χ0) is 21.2. The highest BCUT2D eigenvalue weighted by molar-refractivity contribution is 5.80. The lowest BCUT2D eigenvalue weighted by Crippen LogP contribution is -2.53. The summed E-state index contributed by atoms with van der Waals surface area (Å²) in [5, 5.41) is 14.1. The average molecular weight is 412 g/mol. The second-order valence-electron chi connectivity index (χ2n) is 7.14. The van der Waals surface area contributed by atoms with Gasteiger partial charge in [-0.3, -0.25) is 15.1 Å². The molecule has 9 heteroatoms. The van der Waals surface area contributed by atoms with Crippen LogP contribution >= 0.6 is 0 Å². The third-order valence-corrected chi connectivity index (χ3v) is 5.03. The molecule has 9 nitrogen and oxygen atoms in total. The number of guanidine groups is 1. The molecule has 0 unspecified atom stereocenters. The number of hydrogen-bond acceptors (Lipinski definition) is 6. The number of benzene rings is 1. The fourth-order valence-electron chi connectivity index (χ4n) is 3.41. The number of anilines is 1. The first-order chi connectivity index (χ1) is 14.7. The Balaban J connectivity index is 1.43. The van der Waals surface area contributed by atoms with E-state index in [0.717, 1.165) is 76.0 Å². The highest BCUT2D eigenvalue weighted by Gasteiger charge is 2.20. The molecule has 0 bridgehead atoms. The molecule has 1 aromatic heterocycles. The number of nitro groups is 1. The molecule has 1 aliphatic heterocycles. The molecular weight excluding hydrogens is 382 g/mol. The van der Waals surface area contributed by atoms with Crippen LogP contribution in [0.3, 0.4) is 0 Å². The molecule has 0 spiro atoms. The number of piperazine rings is 1. The van der Waals surface area contributed by atoms with Crippen LogP contribution in [0.1, 0.15) is 25.3 Å². The molecule has 0 aliphatic carbocycles. The quantitative estimate of drug-likeness (QED) is 0.234. The van der Waals surface area contributed by atoms with Gasteiger partial charge in [-0.2, -0.15) is 0 Å². The summed E-state index contributed by atoms with van der Waals surface area (Å²) in [5.74, 6) is 1.74. The molecule has 1 fully saturated rings. The zero-order valence-corrected chi connectivity index (χ0v) is 17.4. The second kappa shape index (κ2) is 11.1. The molecule has 0 amide bonds. The number of rotatable bonds is 8. The summed E-state index contributed by atoms with van der Waals surface area (Å²) in [4.78, 5) is 28.3. The molecule has 0 atom stereocenters. The van der Waals surface area contributed by atoms with Crippen molar-refractivity contribution in [3.8, 4) is 0 Å². The normalized spacial score (nSPS) is 14.6. The van der Waals surface area contributed by atoms with Crippen LogP contribution in [0.2, 0.25) is 0 Å². The Morgan fingerprint density at radius 2 is 1.83 bits per heavy atom. The van der Waals surface area contributed by atoms with Crippen molar-refractivity contribution in [2.24, 2.45) is 4.99 Å². The number of aliphatic imine (C=N–C) groups is 1. The maximum Gasteiger partial charge on any atom is 0.269 e. The number of aromatic nitrogens is 2. The maximum atomic E-state index is 10.7. The van der Waals surface area contributed by atoms with E-state index in [4.69, 9.17) is 4.99 Å². The Bertz CT molecular complexity index is 819. The van der Waals surface area contributed by atoms with Gasteiger partial charge in [-0.15, -0.1) is 0 Å². The predicted octanol–water partition coefficient (Wildman–Crippen LogP) is 2.50. The summed E-state index contributed by atoms with van der Waals surface area (Å²) in [6.45, 7) is 7.18. The minimum atomic E-state index is -0.368. The van der Waals surface area contributed by atoms with E-state index in [0.29, 0.717) is 0 Å². The van der Waals surface area contributed by atoms with Crippen LogP contribution in [0.15, 0.2) is 47.7 Å². The Hall–Kier alpha value is -3.23. The summed E-state index contributed by atoms with van der Waals surface area (Å²) < 4.78 is 0. The number of nitro benzene ring substituents is 1. The van der Waals surface area contributed by atoms with Gasteiger partial charge >= 0.3 is 0 Å². The molecule has 1 aliphatic rings. The highest BCUT2D eigenvalue weighted by Crippen LogP contribution is 2.14. The van der Waals surface area contributed by atoms with Gasteiger partial charge in [0.15, 0.2) is 5.96 Å². The molecule has 0 saturated carbocycles. The summed E-state index contributed by atoms with van der Waals surface area (Å²) >= 11 is 0. The Kier molecular flexibility index (Phi) is 7.94. The summed E-state index contributed by atoms with van der Waals surface area (Å²) in [6, 6.07) is 8.63. The number of nitrogens with zero attached hydrogens (tertiary/aromatic N) is 6. The summed E-state index contributed by atoms with van der Waals surface area (Å²) in [7, 11) is 0. The first-order valence-electron chi connectivity index (χ1n) is 10.5. The average Bonchev–Trinajstić information content (AvgIpc) is 2.79. The number of aryl methyl sites for hydroxylation is 1. The molecule has 2 heterocycles. The minimum Gasteiger partial charge on any atom is -0.357 e. The number of hydrogen-bond donors (Lipinski definition) is 1. The fraction of sp³-hybridized carbons (Fsp3) is 0.476. The van der Waals surface area contributed by atoms with E-state index in [2.05, 4.69) is 32.0 Å². The maximum absolute atomic E-state index is 10.7. The molecule has 3 rings (SSSR count). The van der Waals surface area contributed by atoms with Crippen molar-refractivity contribution >= 4 is 17.6 Å². The number of nitrogens with one attached hydrogen (secondary N) is 1. The van der Waals surface area contributed by atoms with Crippen molar-refractivity contribution in [1.29, 1.82) is 0 Å². The van der Waals surface area contributed by atoms with E-state index in [1.165, 1.54) is 0 Å². The monoisotopic (exact) mass is 411 g/mol. The van der Waals surface area contributed by atoms with Crippen LogP contribution in [0.25, 0.3) is 0 Å². The Morgan fingerprint density at radius 1 is 1.13 bits per heavy atom. The van der Waals surface area contributed by atoms with Gasteiger partial charge in [0.1, 0.15) is 0 Å². The molecule has 0 radical (unpaired) electrons. The SMILES string of the molecule is CCNC(=NCCCCc1ccc([N+](=O)[O-])cc1)N1CCN(c2ncccn2)CC1. The van der Waals surface area contributed by atoms with Crippen molar-refractivity contribution in [3.05, 3.63) is 58.4 Å². The molecule has 2 aromatic rings. The number of non-ortho nitro benzene ring substituents is 1. The van der Waals surface area contributed by atoms with Crippen LogP contribution in [0, 0.1) is 10.1 Å². The molecule has 1 N–H and O–H groups in total. The minimum absolute atomic E-state index is 0.137. The molecular formula is C21H29N7O2. The molecule has 160 valence electrons. The van der Waals surface area contributed by atoms with Crippen molar-refractivity contribution in [1.82, 2.24) is 20.2 Å². The van der Waals surface area contributed by atoms with Crippen molar-refractivity contribution in [3.63, 3.8) is 0 Å². The van der Waals surface area contributed by atoms with Crippen LogP contribution in [-0.2, 0) is 6.42 Å².